The number of hydrogen-bond acceptors (Lipinski definition) is 4. The van der Waals surface area contributed by atoms with Crippen molar-refractivity contribution in [1.29, 1.82) is 0 Å². The molecule has 0 fully saturated rings. The maximum absolute atomic E-state index is 13.1. The van der Waals surface area contributed by atoms with Crippen molar-refractivity contribution in [2.75, 3.05) is 6.61 Å². The zero-order valence-electron chi connectivity index (χ0n) is 12.1. The van der Waals surface area contributed by atoms with Crippen LogP contribution >= 0.6 is 11.3 Å². The second kappa shape index (κ2) is 6.41. The van der Waals surface area contributed by atoms with Crippen molar-refractivity contribution in [3.05, 3.63) is 29.8 Å². The minimum Gasteiger partial charge on any atom is -0.396 e. The molecule has 1 atom stereocenters. The van der Waals surface area contributed by atoms with Crippen molar-refractivity contribution in [2.45, 2.75) is 22.5 Å². The molecule has 0 radical (unpaired) electrons. The summed E-state index contributed by atoms with van der Waals surface area (Å²) >= 11 is 0.454. The van der Waals surface area contributed by atoms with E-state index in [-0.39, 0.29) is 10.1 Å². The van der Waals surface area contributed by atoms with Gasteiger partial charge in [0.05, 0.1) is 6.61 Å². The quantitative estimate of drug-likeness (QED) is 0.763. The second-order valence-corrected chi connectivity index (χ2v) is 8.00. The van der Waals surface area contributed by atoms with Crippen LogP contribution in [0.15, 0.2) is 28.5 Å². The lowest BCUT2D eigenvalue weighted by atomic mass is 9.85. The summed E-state index contributed by atoms with van der Waals surface area (Å²) in [7, 11) is -4.60. The summed E-state index contributed by atoms with van der Waals surface area (Å²) in [4.78, 5) is 0. The van der Waals surface area contributed by atoms with E-state index in [4.69, 9.17) is 5.14 Å². The summed E-state index contributed by atoms with van der Waals surface area (Å²) in [6, 6.07) is 5.29. The van der Waals surface area contributed by atoms with Crippen molar-refractivity contribution in [2.24, 2.45) is 11.1 Å². The van der Waals surface area contributed by atoms with E-state index in [2.05, 4.69) is 0 Å². The standard InChI is InChI=1S/C13H11F6NO3S2/c14-12(15,16)10(13(17,18)19)7(5-21)9-6-3-1-2-4-8(6)24-11(9)25(20,22)23/h1-4,7,10,21H,5H2,(H2,20,22,23). The number of thiophene rings is 1. The highest BCUT2D eigenvalue weighted by atomic mass is 32.2. The van der Waals surface area contributed by atoms with Gasteiger partial charge in [-0.15, -0.1) is 11.3 Å². The Morgan fingerprint density at radius 1 is 1.08 bits per heavy atom. The molecule has 0 saturated heterocycles. The SMILES string of the molecule is NS(=O)(=O)c1sc2ccccc2c1C(CO)C(C(F)(F)F)C(F)(F)F. The molecule has 0 spiro atoms. The number of benzene rings is 1. The van der Waals surface area contributed by atoms with Crippen LogP contribution in [0.25, 0.3) is 10.1 Å². The van der Waals surface area contributed by atoms with E-state index in [1.54, 1.807) is 0 Å². The molecule has 0 aliphatic heterocycles. The molecule has 0 saturated carbocycles. The van der Waals surface area contributed by atoms with E-state index in [0.717, 1.165) is 0 Å². The number of aliphatic hydroxyl groups excluding tert-OH is 1. The first-order chi connectivity index (χ1) is 11.3. The van der Waals surface area contributed by atoms with Gasteiger partial charge in [-0.2, -0.15) is 26.3 Å². The third kappa shape index (κ3) is 3.91. The third-order valence-electron chi connectivity index (χ3n) is 3.53. The number of aliphatic hydroxyl groups is 1. The van der Waals surface area contributed by atoms with Gasteiger partial charge < -0.3 is 5.11 Å². The van der Waals surface area contributed by atoms with Crippen LogP contribution < -0.4 is 5.14 Å². The Kier molecular flexibility index (Phi) is 5.12. The van der Waals surface area contributed by atoms with Gasteiger partial charge in [0, 0.05) is 10.6 Å². The maximum atomic E-state index is 13.1. The number of sulfonamides is 1. The van der Waals surface area contributed by atoms with Gasteiger partial charge in [-0.3, -0.25) is 0 Å². The molecule has 1 aromatic heterocycles. The normalized spacial score (nSPS) is 15.1. The first-order valence-corrected chi connectivity index (χ1v) is 8.93. The average molecular weight is 407 g/mol. The lowest BCUT2D eigenvalue weighted by Crippen LogP contribution is -2.42. The predicted octanol–water partition coefficient (Wildman–Crippen LogP) is 3.37. The average Bonchev–Trinajstić information content (AvgIpc) is 2.81. The Bertz CT molecular complexity index is 858. The summed E-state index contributed by atoms with van der Waals surface area (Å²) in [6.07, 6.45) is -11.5. The highest BCUT2D eigenvalue weighted by Crippen LogP contribution is 2.51. The fraction of sp³-hybridized carbons (Fsp3) is 0.385. The van der Waals surface area contributed by atoms with Crippen molar-refractivity contribution in [3.8, 4) is 0 Å². The van der Waals surface area contributed by atoms with Crippen molar-refractivity contribution in [3.63, 3.8) is 0 Å². The number of hydrogen-bond donors (Lipinski definition) is 2. The number of fused-ring (bicyclic) bond motifs is 1. The lowest BCUT2D eigenvalue weighted by molar-refractivity contribution is -0.292. The van der Waals surface area contributed by atoms with Crippen molar-refractivity contribution < 1.29 is 39.9 Å². The van der Waals surface area contributed by atoms with Gasteiger partial charge in [-0.05, 0) is 17.0 Å². The van der Waals surface area contributed by atoms with Gasteiger partial charge in [-0.1, -0.05) is 18.2 Å². The Hall–Kier alpha value is -1.37. The summed E-state index contributed by atoms with van der Waals surface area (Å²) in [5, 5.41) is 14.2. The molecule has 1 unspecified atom stereocenters. The molecule has 12 heteroatoms. The van der Waals surface area contributed by atoms with Crippen LogP contribution in [0.4, 0.5) is 26.3 Å². The molecule has 4 nitrogen and oxygen atoms in total. The highest BCUT2D eigenvalue weighted by molar-refractivity contribution is 7.91. The summed E-state index contributed by atoms with van der Waals surface area (Å²) < 4.78 is 101. The van der Waals surface area contributed by atoms with E-state index < -0.39 is 50.6 Å². The lowest BCUT2D eigenvalue weighted by Gasteiger charge is -2.30. The molecule has 3 N–H and O–H groups in total. The molecule has 0 aliphatic carbocycles. The largest absolute Gasteiger partial charge is 0.401 e. The number of alkyl halides is 6. The molecule has 2 rings (SSSR count). The van der Waals surface area contributed by atoms with Gasteiger partial charge in [0.1, 0.15) is 4.21 Å². The Morgan fingerprint density at radius 2 is 1.60 bits per heavy atom. The van der Waals surface area contributed by atoms with Crippen LogP contribution in [-0.2, 0) is 10.0 Å². The van der Waals surface area contributed by atoms with E-state index >= 15 is 0 Å². The van der Waals surface area contributed by atoms with E-state index in [1.807, 2.05) is 0 Å². The van der Waals surface area contributed by atoms with E-state index in [0.29, 0.717) is 11.3 Å². The molecule has 0 bridgehead atoms. The monoisotopic (exact) mass is 407 g/mol. The van der Waals surface area contributed by atoms with Gasteiger partial charge in [0.25, 0.3) is 0 Å². The smallest absolute Gasteiger partial charge is 0.396 e. The first kappa shape index (κ1) is 19.9. The van der Waals surface area contributed by atoms with E-state index in [1.165, 1.54) is 24.3 Å². The third-order valence-corrected chi connectivity index (χ3v) is 6.20. The molecule has 25 heavy (non-hydrogen) atoms. The topological polar surface area (TPSA) is 80.4 Å². The first-order valence-electron chi connectivity index (χ1n) is 6.57. The van der Waals surface area contributed by atoms with Crippen LogP contribution in [0.3, 0.4) is 0 Å². The molecule has 0 amide bonds. The Balaban J connectivity index is 2.85. The van der Waals surface area contributed by atoms with Crippen molar-refractivity contribution in [1.82, 2.24) is 0 Å². The van der Waals surface area contributed by atoms with E-state index in [9.17, 15) is 39.9 Å². The Morgan fingerprint density at radius 3 is 2.04 bits per heavy atom. The number of halogens is 6. The highest BCUT2D eigenvalue weighted by Gasteiger charge is 2.61. The number of nitrogens with two attached hydrogens (primary N) is 1. The Labute approximate surface area is 141 Å². The zero-order chi connectivity index (χ0) is 19.2. The minimum absolute atomic E-state index is 0.130. The zero-order valence-corrected chi connectivity index (χ0v) is 13.7. The molecule has 0 aliphatic rings. The molecular weight excluding hydrogens is 396 g/mol. The second-order valence-electron chi connectivity index (χ2n) is 5.19. The van der Waals surface area contributed by atoms with Crippen LogP contribution in [0.2, 0.25) is 0 Å². The van der Waals surface area contributed by atoms with Gasteiger partial charge in [0.15, 0.2) is 5.92 Å². The minimum atomic E-state index is -5.75. The van der Waals surface area contributed by atoms with Crippen LogP contribution in [0, 0.1) is 5.92 Å². The molecule has 2 aromatic rings. The van der Waals surface area contributed by atoms with Gasteiger partial charge in [0.2, 0.25) is 10.0 Å². The molecular formula is C13H11F6NO3S2. The van der Waals surface area contributed by atoms with Crippen molar-refractivity contribution >= 4 is 31.4 Å². The number of primary sulfonamides is 1. The van der Waals surface area contributed by atoms with Gasteiger partial charge >= 0.3 is 12.4 Å². The fourth-order valence-electron chi connectivity index (χ4n) is 2.61. The summed E-state index contributed by atoms with van der Waals surface area (Å²) in [6.45, 7) is -1.56. The fourth-order valence-corrected chi connectivity index (χ4v) is 4.92. The van der Waals surface area contributed by atoms with Gasteiger partial charge in [-0.25, -0.2) is 13.6 Å². The summed E-state index contributed by atoms with van der Waals surface area (Å²) in [5.41, 5.74) is -0.773. The van der Waals surface area contributed by atoms with Crippen LogP contribution in [-0.4, -0.2) is 32.5 Å². The molecule has 1 aromatic carbocycles. The maximum Gasteiger partial charge on any atom is 0.401 e. The summed E-state index contributed by atoms with van der Waals surface area (Å²) in [5.74, 6) is -6.51. The number of rotatable bonds is 4. The van der Waals surface area contributed by atoms with Crippen LogP contribution in [0.5, 0.6) is 0 Å². The molecule has 140 valence electrons. The molecule has 1 heterocycles. The predicted molar refractivity (Wildman–Crippen MR) is 78.6 cm³/mol. The van der Waals surface area contributed by atoms with Crippen LogP contribution in [0.1, 0.15) is 11.5 Å².